The van der Waals surface area contributed by atoms with Crippen molar-refractivity contribution in [3.05, 3.63) is 18.0 Å². The van der Waals surface area contributed by atoms with E-state index >= 15 is 0 Å². The second kappa shape index (κ2) is 5.01. The Kier molecular flexibility index (Phi) is 3.66. The molecular formula is C11H18N4S. The molecule has 1 fully saturated rings. The van der Waals surface area contributed by atoms with Gasteiger partial charge in [0.25, 0.3) is 0 Å². The lowest BCUT2D eigenvalue weighted by Crippen LogP contribution is -2.45. The third-order valence-electron chi connectivity index (χ3n) is 3.05. The van der Waals surface area contributed by atoms with Crippen molar-refractivity contribution < 1.29 is 0 Å². The quantitative estimate of drug-likeness (QED) is 0.841. The Morgan fingerprint density at radius 2 is 2.38 bits per heavy atom. The van der Waals surface area contributed by atoms with Crippen molar-refractivity contribution in [1.82, 2.24) is 9.97 Å². The van der Waals surface area contributed by atoms with Gasteiger partial charge in [-0.05, 0) is 13.0 Å². The first kappa shape index (κ1) is 11.7. The first-order chi connectivity index (χ1) is 7.72. The number of nitrogens with two attached hydrogens (primary N) is 1. The van der Waals surface area contributed by atoms with Gasteiger partial charge in [0.1, 0.15) is 0 Å². The molecule has 1 aromatic heterocycles. The fourth-order valence-electron chi connectivity index (χ4n) is 1.85. The van der Waals surface area contributed by atoms with Gasteiger partial charge in [-0.15, -0.1) is 0 Å². The van der Waals surface area contributed by atoms with Crippen molar-refractivity contribution in [2.75, 3.05) is 17.2 Å². The molecule has 88 valence electrons. The lowest BCUT2D eigenvalue weighted by molar-refractivity contribution is 0.610. The molecule has 2 heterocycles. The summed E-state index contributed by atoms with van der Waals surface area (Å²) in [6, 6.07) is 2.35. The largest absolute Gasteiger partial charge is 0.336 e. The van der Waals surface area contributed by atoms with Crippen LogP contribution in [0, 0.1) is 0 Å². The van der Waals surface area contributed by atoms with Gasteiger partial charge in [-0.3, -0.25) is 0 Å². The number of thioether (sulfide) groups is 1. The molecule has 5 heteroatoms. The minimum absolute atomic E-state index is 0.474. The second-order valence-electron chi connectivity index (χ2n) is 4.06. The number of aromatic nitrogens is 2. The third-order valence-corrected chi connectivity index (χ3v) is 4.39. The summed E-state index contributed by atoms with van der Waals surface area (Å²) in [5.41, 5.74) is 6.50. The standard InChI is InChI=1S/C11H18N4S/c1-8-9(2)16-6-5-15(8)11-13-4-3-10(7-12)14-11/h3-4,8-9H,5-7,12H2,1-2H3. The molecule has 0 bridgehead atoms. The Labute approximate surface area is 101 Å². The normalized spacial score (nSPS) is 25.8. The van der Waals surface area contributed by atoms with Crippen molar-refractivity contribution >= 4 is 17.7 Å². The van der Waals surface area contributed by atoms with E-state index in [2.05, 4.69) is 28.7 Å². The number of anilines is 1. The van der Waals surface area contributed by atoms with Crippen LogP contribution >= 0.6 is 11.8 Å². The van der Waals surface area contributed by atoms with Gasteiger partial charge in [-0.2, -0.15) is 11.8 Å². The summed E-state index contributed by atoms with van der Waals surface area (Å²) in [5.74, 6) is 1.96. The molecule has 2 N–H and O–H groups in total. The van der Waals surface area contributed by atoms with E-state index in [1.54, 1.807) is 6.20 Å². The maximum atomic E-state index is 5.60. The fourth-order valence-corrected chi connectivity index (χ4v) is 2.95. The predicted molar refractivity (Wildman–Crippen MR) is 68.7 cm³/mol. The molecule has 2 unspecified atom stereocenters. The zero-order valence-corrected chi connectivity index (χ0v) is 10.6. The molecule has 16 heavy (non-hydrogen) atoms. The topological polar surface area (TPSA) is 55.0 Å². The molecule has 2 rings (SSSR count). The Hall–Kier alpha value is -0.810. The lowest BCUT2D eigenvalue weighted by Gasteiger charge is -2.37. The van der Waals surface area contributed by atoms with E-state index in [1.807, 2.05) is 17.8 Å². The van der Waals surface area contributed by atoms with Crippen LogP contribution in [0.1, 0.15) is 19.5 Å². The van der Waals surface area contributed by atoms with Crippen molar-refractivity contribution in [1.29, 1.82) is 0 Å². The van der Waals surface area contributed by atoms with Crippen molar-refractivity contribution in [2.24, 2.45) is 5.73 Å². The Morgan fingerprint density at radius 3 is 3.12 bits per heavy atom. The molecule has 0 saturated carbocycles. The highest BCUT2D eigenvalue weighted by Gasteiger charge is 2.26. The van der Waals surface area contributed by atoms with Gasteiger partial charge in [0.15, 0.2) is 0 Å². The van der Waals surface area contributed by atoms with Gasteiger partial charge in [0.05, 0.1) is 5.69 Å². The third kappa shape index (κ3) is 2.30. The highest BCUT2D eigenvalue weighted by Crippen LogP contribution is 2.26. The minimum atomic E-state index is 0.474. The molecule has 1 aliphatic heterocycles. The van der Waals surface area contributed by atoms with Crippen LogP contribution in [-0.2, 0) is 6.54 Å². The van der Waals surface area contributed by atoms with Gasteiger partial charge < -0.3 is 10.6 Å². The van der Waals surface area contributed by atoms with Crippen LogP contribution in [0.5, 0.6) is 0 Å². The molecule has 1 aliphatic rings. The predicted octanol–water partition coefficient (Wildman–Crippen LogP) is 1.27. The number of rotatable bonds is 2. The Bertz CT molecular complexity index is 358. The summed E-state index contributed by atoms with van der Waals surface area (Å²) in [6.07, 6.45) is 1.80. The molecule has 0 aromatic carbocycles. The van der Waals surface area contributed by atoms with Crippen LogP contribution in [-0.4, -0.2) is 33.6 Å². The summed E-state index contributed by atoms with van der Waals surface area (Å²) >= 11 is 2.01. The van der Waals surface area contributed by atoms with E-state index in [0.29, 0.717) is 17.8 Å². The van der Waals surface area contributed by atoms with Crippen LogP contribution in [0.2, 0.25) is 0 Å². The monoisotopic (exact) mass is 238 g/mol. The van der Waals surface area contributed by atoms with Gasteiger partial charge in [0, 0.05) is 36.3 Å². The fraction of sp³-hybridized carbons (Fsp3) is 0.636. The summed E-state index contributed by atoms with van der Waals surface area (Å²) in [7, 11) is 0. The van der Waals surface area contributed by atoms with Gasteiger partial charge >= 0.3 is 0 Å². The first-order valence-corrected chi connectivity index (χ1v) is 6.67. The zero-order chi connectivity index (χ0) is 11.5. The van der Waals surface area contributed by atoms with Crippen LogP contribution in [0.15, 0.2) is 12.3 Å². The second-order valence-corrected chi connectivity index (χ2v) is 5.55. The number of nitrogens with zero attached hydrogens (tertiary/aromatic N) is 3. The van der Waals surface area contributed by atoms with E-state index < -0.39 is 0 Å². The molecule has 4 nitrogen and oxygen atoms in total. The summed E-state index contributed by atoms with van der Waals surface area (Å²) in [4.78, 5) is 11.1. The smallest absolute Gasteiger partial charge is 0.225 e. The molecular weight excluding hydrogens is 220 g/mol. The van der Waals surface area contributed by atoms with Crippen molar-refractivity contribution in [3.63, 3.8) is 0 Å². The molecule has 1 saturated heterocycles. The highest BCUT2D eigenvalue weighted by atomic mass is 32.2. The van der Waals surface area contributed by atoms with E-state index in [9.17, 15) is 0 Å². The van der Waals surface area contributed by atoms with Crippen LogP contribution in [0.3, 0.4) is 0 Å². The molecule has 1 aromatic rings. The SMILES string of the molecule is CC1SCCN(c2nccc(CN)n2)C1C. The maximum Gasteiger partial charge on any atom is 0.225 e. The average molecular weight is 238 g/mol. The maximum absolute atomic E-state index is 5.60. The molecule has 0 spiro atoms. The summed E-state index contributed by atoms with van der Waals surface area (Å²) < 4.78 is 0. The van der Waals surface area contributed by atoms with E-state index in [-0.39, 0.29) is 0 Å². The molecule has 0 radical (unpaired) electrons. The van der Waals surface area contributed by atoms with Crippen LogP contribution < -0.4 is 10.6 Å². The number of hydrogen-bond acceptors (Lipinski definition) is 5. The van der Waals surface area contributed by atoms with Gasteiger partial charge in [-0.25, -0.2) is 9.97 Å². The van der Waals surface area contributed by atoms with Crippen LogP contribution in [0.4, 0.5) is 5.95 Å². The van der Waals surface area contributed by atoms with E-state index in [4.69, 9.17) is 5.73 Å². The van der Waals surface area contributed by atoms with E-state index in [0.717, 1.165) is 23.9 Å². The summed E-state index contributed by atoms with van der Waals surface area (Å²) in [5, 5.41) is 0.624. The molecule has 0 aliphatic carbocycles. The molecule has 2 atom stereocenters. The van der Waals surface area contributed by atoms with Crippen molar-refractivity contribution in [3.8, 4) is 0 Å². The average Bonchev–Trinajstić information content (AvgIpc) is 2.33. The van der Waals surface area contributed by atoms with E-state index in [1.165, 1.54) is 0 Å². The molecule has 0 amide bonds. The Morgan fingerprint density at radius 1 is 1.56 bits per heavy atom. The summed E-state index contributed by atoms with van der Waals surface area (Å²) in [6.45, 7) is 5.98. The zero-order valence-electron chi connectivity index (χ0n) is 9.76. The van der Waals surface area contributed by atoms with Crippen LogP contribution in [0.25, 0.3) is 0 Å². The Balaban J connectivity index is 2.21. The van der Waals surface area contributed by atoms with Crippen molar-refractivity contribution in [2.45, 2.75) is 31.7 Å². The number of hydrogen-bond donors (Lipinski definition) is 1. The first-order valence-electron chi connectivity index (χ1n) is 5.62. The highest BCUT2D eigenvalue weighted by molar-refractivity contribution is 8.00. The van der Waals surface area contributed by atoms with Gasteiger partial charge in [-0.1, -0.05) is 6.92 Å². The van der Waals surface area contributed by atoms with Gasteiger partial charge in [0.2, 0.25) is 5.95 Å². The minimum Gasteiger partial charge on any atom is -0.336 e. The lowest BCUT2D eigenvalue weighted by atomic mass is 10.2.